The van der Waals surface area contributed by atoms with E-state index in [-0.39, 0.29) is 5.91 Å². The van der Waals surface area contributed by atoms with E-state index in [0.29, 0.717) is 12.8 Å². The van der Waals surface area contributed by atoms with Crippen LogP contribution in [0.5, 0.6) is 0 Å². The van der Waals surface area contributed by atoms with Crippen molar-refractivity contribution in [1.82, 2.24) is 5.32 Å². The number of carbonyl (C=O) groups excluding carboxylic acids is 1. The van der Waals surface area contributed by atoms with Gasteiger partial charge in [-0.25, -0.2) is 0 Å². The Balaban J connectivity index is 3.99. The van der Waals surface area contributed by atoms with Crippen molar-refractivity contribution in [3.8, 4) is 0 Å². The molecule has 0 rings (SSSR count). The van der Waals surface area contributed by atoms with Gasteiger partial charge in [-0.2, -0.15) is 8.42 Å². The molecule has 0 radical (unpaired) electrons. The fourth-order valence-electron chi connectivity index (χ4n) is 5.05. The van der Waals surface area contributed by atoms with E-state index in [9.17, 15) is 22.9 Å². The largest absolute Gasteiger partial charge is 0.387 e. The highest BCUT2D eigenvalue weighted by molar-refractivity contribution is 7.85. The van der Waals surface area contributed by atoms with Gasteiger partial charge in [0.25, 0.3) is 10.1 Å². The van der Waals surface area contributed by atoms with Gasteiger partial charge in [0.15, 0.2) is 0 Å². The summed E-state index contributed by atoms with van der Waals surface area (Å²) in [4.78, 5) is 12.4. The van der Waals surface area contributed by atoms with E-state index in [0.717, 1.165) is 32.1 Å². The highest BCUT2D eigenvalue weighted by Gasteiger charge is 2.24. The maximum Gasteiger partial charge on any atom is 0.267 e. The van der Waals surface area contributed by atoms with Crippen molar-refractivity contribution in [2.24, 2.45) is 0 Å². The fourth-order valence-corrected chi connectivity index (χ4v) is 5.79. The lowest BCUT2D eigenvalue weighted by molar-refractivity contribution is -0.122. The summed E-state index contributed by atoms with van der Waals surface area (Å²) in [5.74, 6) is -0.997. The van der Waals surface area contributed by atoms with Gasteiger partial charge in [-0.15, -0.1) is 0 Å². The van der Waals surface area contributed by atoms with Gasteiger partial charge < -0.3 is 10.4 Å². The maximum absolute atomic E-state index is 12.4. The second-order valence-corrected chi connectivity index (χ2v) is 13.3. The Hall–Kier alpha value is -1.18. The average Bonchev–Trinajstić information content (AvgIpc) is 2.92. The molecule has 2 atom stereocenters. The predicted molar refractivity (Wildman–Crippen MR) is 175 cm³/mol. The van der Waals surface area contributed by atoms with Crippen LogP contribution in [-0.4, -0.2) is 41.9 Å². The smallest absolute Gasteiger partial charge is 0.267 e. The Morgan fingerprint density at radius 3 is 1.54 bits per heavy atom. The highest BCUT2D eigenvalue weighted by Crippen LogP contribution is 2.14. The third-order valence-electron chi connectivity index (χ3n) is 7.63. The van der Waals surface area contributed by atoms with Crippen LogP contribution in [0.15, 0.2) is 24.3 Å². The number of rotatable bonds is 30. The van der Waals surface area contributed by atoms with E-state index in [4.69, 9.17) is 0 Å². The van der Waals surface area contributed by atoms with Crippen LogP contribution in [0, 0.1) is 0 Å². The van der Waals surface area contributed by atoms with Gasteiger partial charge in [0.1, 0.15) is 0 Å². The van der Waals surface area contributed by atoms with Gasteiger partial charge in [0.2, 0.25) is 5.91 Å². The first-order chi connectivity index (χ1) is 19.8. The first-order valence-electron chi connectivity index (χ1n) is 17.0. The lowest BCUT2D eigenvalue weighted by atomic mass is 10.0. The third-order valence-corrected chi connectivity index (χ3v) is 8.41. The summed E-state index contributed by atoms with van der Waals surface area (Å²) >= 11 is 0. The number of amides is 1. The van der Waals surface area contributed by atoms with Crippen molar-refractivity contribution in [3.63, 3.8) is 0 Å². The average molecular weight is 600 g/mol. The van der Waals surface area contributed by atoms with Crippen molar-refractivity contribution in [1.29, 1.82) is 0 Å². The van der Waals surface area contributed by atoms with Crippen LogP contribution in [0.1, 0.15) is 168 Å². The number of allylic oxidation sites excluding steroid dienone is 3. The molecular weight excluding hydrogens is 534 g/mol. The summed E-state index contributed by atoms with van der Waals surface area (Å²) in [5, 5.41) is 13.1. The number of aliphatic hydroxyl groups excluding tert-OH is 1. The number of hydrogen-bond donors (Lipinski definition) is 3. The quantitative estimate of drug-likeness (QED) is 0.0434. The molecule has 7 heteroatoms. The second-order valence-electron chi connectivity index (χ2n) is 11.8. The minimum atomic E-state index is -4.34. The van der Waals surface area contributed by atoms with E-state index in [1.165, 1.54) is 115 Å². The second kappa shape index (κ2) is 28.9. The summed E-state index contributed by atoms with van der Waals surface area (Å²) in [5.41, 5.74) is 0. The molecule has 6 nitrogen and oxygen atoms in total. The van der Waals surface area contributed by atoms with Crippen molar-refractivity contribution in [2.75, 3.05) is 5.75 Å². The van der Waals surface area contributed by atoms with Crippen LogP contribution in [0.4, 0.5) is 0 Å². The van der Waals surface area contributed by atoms with Gasteiger partial charge in [-0.3, -0.25) is 9.35 Å². The molecule has 242 valence electrons. The van der Waals surface area contributed by atoms with Gasteiger partial charge in [0, 0.05) is 6.42 Å². The SMILES string of the molecule is CCCCCC/C=C/CC/C=C/C(O)C(CS(=O)(=O)O)NC(=O)CCCCCCCCCCCCCCCCCC. The molecule has 0 aromatic carbocycles. The molecule has 0 aromatic rings. The Bertz CT molecular complexity index is 750. The summed E-state index contributed by atoms with van der Waals surface area (Å²) in [7, 11) is -4.34. The van der Waals surface area contributed by atoms with Crippen LogP contribution in [-0.2, 0) is 14.9 Å². The number of nitrogens with one attached hydrogen (secondary N) is 1. The molecule has 0 saturated heterocycles. The van der Waals surface area contributed by atoms with Gasteiger partial charge >= 0.3 is 0 Å². The molecule has 1 amide bonds. The Morgan fingerprint density at radius 1 is 0.634 bits per heavy atom. The minimum absolute atomic E-state index is 0.289. The predicted octanol–water partition coefficient (Wildman–Crippen LogP) is 9.23. The van der Waals surface area contributed by atoms with Gasteiger partial charge in [-0.05, 0) is 32.1 Å². The number of aliphatic hydroxyl groups is 1. The first-order valence-corrected chi connectivity index (χ1v) is 18.6. The van der Waals surface area contributed by atoms with E-state index in [1.807, 2.05) is 0 Å². The molecule has 0 heterocycles. The molecular formula is C34H65NO5S. The van der Waals surface area contributed by atoms with Crippen LogP contribution in [0.25, 0.3) is 0 Å². The topological polar surface area (TPSA) is 104 Å². The molecule has 0 spiro atoms. The van der Waals surface area contributed by atoms with Crippen LogP contribution in [0.3, 0.4) is 0 Å². The molecule has 0 fully saturated rings. The lowest BCUT2D eigenvalue weighted by Gasteiger charge is -2.21. The van der Waals surface area contributed by atoms with E-state index >= 15 is 0 Å². The zero-order valence-corrected chi connectivity index (χ0v) is 27.5. The third kappa shape index (κ3) is 30.1. The monoisotopic (exact) mass is 599 g/mol. The van der Waals surface area contributed by atoms with E-state index < -0.39 is 28.0 Å². The van der Waals surface area contributed by atoms with E-state index in [2.05, 4.69) is 31.3 Å². The Morgan fingerprint density at radius 2 is 1.05 bits per heavy atom. The number of hydrogen-bond acceptors (Lipinski definition) is 4. The molecule has 0 saturated carbocycles. The summed E-state index contributed by atoms with van der Waals surface area (Å²) in [6, 6.07) is -1.07. The normalized spacial score (nSPS) is 13.8. The molecule has 0 aliphatic carbocycles. The van der Waals surface area contributed by atoms with Gasteiger partial charge in [0.05, 0.1) is 17.9 Å². The lowest BCUT2D eigenvalue weighted by Crippen LogP contribution is -2.46. The molecule has 2 unspecified atom stereocenters. The molecule has 0 aliphatic rings. The Labute approximate surface area is 254 Å². The van der Waals surface area contributed by atoms with Crippen molar-refractivity contribution in [3.05, 3.63) is 24.3 Å². The van der Waals surface area contributed by atoms with Crippen molar-refractivity contribution >= 4 is 16.0 Å². The van der Waals surface area contributed by atoms with Gasteiger partial charge in [-0.1, -0.05) is 154 Å². The molecule has 0 aromatic heterocycles. The molecule has 41 heavy (non-hydrogen) atoms. The maximum atomic E-state index is 12.4. The molecule has 0 aliphatic heterocycles. The summed E-state index contributed by atoms with van der Waals surface area (Å²) < 4.78 is 32.2. The summed E-state index contributed by atoms with van der Waals surface area (Å²) in [6.45, 7) is 4.46. The molecule has 0 bridgehead atoms. The highest BCUT2D eigenvalue weighted by atomic mass is 32.2. The van der Waals surface area contributed by atoms with Crippen LogP contribution >= 0.6 is 0 Å². The van der Waals surface area contributed by atoms with E-state index in [1.54, 1.807) is 6.08 Å². The number of unbranched alkanes of at least 4 members (excludes halogenated alkanes) is 20. The van der Waals surface area contributed by atoms with Crippen LogP contribution < -0.4 is 5.32 Å². The van der Waals surface area contributed by atoms with Crippen LogP contribution in [0.2, 0.25) is 0 Å². The number of carbonyl (C=O) groups is 1. The summed E-state index contributed by atoms with van der Waals surface area (Å²) in [6.07, 6.45) is 34.5. The fraction of sp³-hybridized carbons (Fsp3) is 0.853. The molecule has 3 N–H and O–H groups in total. The first kappa shape index (κ1) is 39.8. The zero-order valence-electron chi connectivity index (χ0n) is 26.7. The zero-order chi connectivity index (χ0) is 30.4. The standard InChI is InChI=1S/C34H65NO5S/c1-3-5-7-9-11-13-15-16-17-18-19-20-22-24-26-28-30-34(37)35-32(31-41(38,39)40)33(36)29-27-25-23-21-14-12-10-8-6-4-2/h14,21,27,29,32-33,36H,3-13,15-20,22-26,28,30-31H2,1-2H3,(H,35,37)(H,38,39,40)/b21-14+,29-27+. The Kier molecular flexibility index (Phi) is 28.1. The van der Waals surface area contributed by atoms with Crippen molar-refractivity contribution < 1.29 is 22.9 Å². The minimum Gasteiger partial charge on any atom is -0.387 e. The van der Waals surface area contributed by atoms with Crippen molar-refractivity contribution in [2.45, 2.75) is 180 Å².